The van der Waals surface area contributed by atoms with E-state index < -0.39 is 0 Å². The molecular formula is C17H17. The normalized spacial score (nSPS) is 12.4. The van der Waals surface area contributed by atoms with Crippen LogP contribution in [0.1, 0.15) is 36.1 Å². The fourth-order valence-corrected chi connectivity index (χ4v) is 2.65. The molecule has 17 heavy (non-hydrogen) atoms. The molecule has 2 aromatic carbocycles. The zero-order chi connectivity index (χ0) is 11.8. The minimum absolute atomic E-state index is 1.06. The maximum atomic E-state index is 3.56. The molecule has 0 atom stereocenters. The molecule has 1 radical (unpaired) electrons. The predicted octanol–water partition coefficient (Wildman–Crippen LogP) is 4.18. The lowest BCUT2D eigenvalue weighted by molar-refractivity contribution is 1.11. The SMILES string of the molecule is CCc1[c]c2c(cc1)-c1ccc(CC)cc1C2. The molecule has 0 spiro atoms. The fourth-order valence-electron chi connectivity index (χ4n) is 2.65. The van der Waals surface area contributed by atoms with Gasteiger partial charge in [-0.2, -0.15) is 0 Å². The molecule has 1 aliphatic carbocycles. The first kappa shape index (κ1) is 10.6. The predicted molar refractivity (Wildman–Crippen MR) is 72.3 cm³/mol. The molecule has 3 rings (SSSR count). The number of rotatable bonds is 2. The number of fused-ring (bicyclic) bond motifs is 3. The Morgan fingerprint density at radius 2 is 1.82 bits per heavy atom. The Hall–Kier alpha value is -1.56. The zero-order valence-electron chi connectivity index (χ0n) is 10.5. The number of hydrogen-bond acceptors (Lipinski definition) is 0. The third-order valence-corrected chi connectivity index (χ3v) is 3.70. The van der Waals surface area contributed by atoms with E-state index in [9.17, 15) is 0 Å². The Morgan fingerprint density at radius 1 is 1.00 bits per heavy atom. The van der Waals surface area contributed by atoms with Gasteiger partial charge in [-0.25, -0.2) is 0 Å². The second-order valence-corrected chi connectivity index (χ2v) is 4.75. The van der Waals surface area contributed by atoms with Crippen molar-refractivity contribution in [1.29, 1.82) is 0 Å². The van der Waals surface area contributed by atoms with Crippen LogP contribution >= 0.6 is 0 Å². The maximum Gasteiger partial charge on any atom is -0.000708 e. The van der Waals surface area contributed by atoms with E-state index in [0.29, 0.717) is 0 Å². The molecule has 0 saturated carbocycles. The van der Waals surface area contributed by atoms with E-state index in [0.717, 1.165) is 19.3 Å². The number of benzene rings is 2. The highest BCUT2D eigenvalue weighted by Gasteiger charge is 2.18. The fraction of sp³-hybridized carbons (Fsp3) is 0.294. The molecule has 0 heteroatoms. The van der Waals surface area contributed by atoms with Gasteiger partial charge in [-0.15, -0.1) is 0 Å². The average molecular weight is 221 g/mol. The van der Waals surface area contributed by atoms with Crippen LogP contribution in [0.4, 0.5) is 0 Å². The van der Waals surface area contributed by atoms with Gasteiger partial charge < -0.3 is 0 Å². The molecule has 1 aliphatic rings. The highest BCUT2D eigenvalue weighted by Crippen LogP contribution is 2.37. The summed E-state index contributed by atoms with van der Waals surface area (Å²) >= 11 is 0. The van der Waals surface area contributed by atoms with Gasteiger partial charge >= 0.3 is 0 Å². The second-order valence-electron chi connectivity index (χ2n) is 4.75. The van der Waals surface area contributed by atoms with E-state index in [1.54, 1.807) is 0 Å². The summed E-state index contributed by atoms with van der Waals surface area (Å²) < 4.78 is 0. The Labute approximate surface area is 103 Å². The lowest BCUT2D eigenvalue weighted by atomic mass is 10.0. The van der Waals surface area contributed by atoms with Crippen molar-refractivity contribution in [1.82, 2.24) is 0 Å². The van der Waals surface area contributed by atoms with Crippen molar-refractivity contribution in [3.8, 4) is 11.1 Å². The van der Waals surface area contributed by atoms with Crippen LogP contribution in [-0.2, 0) is 19.3 Å². The van der Waals surface area contributed by atoms with Crippen LogP contribution in [0.15, 0.2) is 30.3 Å². The lowest BCUT2D eigenvalue weighted by Gasteiger charge is -2.03. The Bertz CT molecular complexity index is 513. The van der Waals surface area contributed by atoms with Crippen LogP contribution in [-0.4, -0.2) is 0 Å². The van der Waals surface area contributed by atoms with Crippen LogP contribution in [0.25, 0.3) is 11.1 Å². The molecule has 0 heterocycles. The molecule has 0 fully saturated rings. The third-order valence-electron chi connectivity index (χ3n) is 3.70. The van der Waals surface area contributed by atoms with Gasteiger partial charge in [0, 0.05) is 0 Å². The van der Waals surface area contributed by atoms with Gasteiger partial charge in [-0.1, -0.05) is 44.2 Å². The molecule has 2 aromatic rings. The van der Waals surface area contributed by atoms with E-state index >= 15 is 0 Å². The van der Waals surface area contributed by atoms with Gasteiger partial charge in [0.25, 0.3) is 0 Å². The minimum Gasteiger partial charge on any atom is -0.0613 e. The first-order valence-corrected chi connectivity index (χ1v) is 6.48. The molecule has 0 amide bonds. The van der Waals surface area contributed by atoms with Gasteiger partial charge in [0.05, 0.1) is 0 Å². The van der Waals surface area contributed by atoms with Gasteiger partial charge in [0.2, 0.25) is 0 Å². The standard InChI is InChI=1S/C17H17/c1-3-12-5-7-16-14(9-12)11-15-10-13(4-2)6-8-17(15)16/h5-9H,3-4,11H2,1-2H3. The summed E-state index contributed by atoms with van der Waals surface area (Å²) in [4.78, 5) is 0. The van der Waals surface area contributed by atoms with Crippen molar-refractivity contribution in [2.45, 2.75) is 33.1 Å². The van der Waals surface area contributed by atoms with Gasteiger partial charge in [-0.05, 0) is 58.7 Å². The quantitative estimate of drug-likeness (QED) is 0.609. The second kappa shape index (κ2) is 4.03. The topological polar surface area (TPSA) is 0 Å². The smallest absolute Gasteiger partial charge is 0.000708 e. The molecule has 0 aliphatic heterocycles. The van der Waals surface area contributed by atoms with Crippen molar-refractivity contribution in [3.63, 3.8) is 0 Å². The maximum absolute atomic E-state index is 3.56. The largest absolute Gasteiger partial charge is 0.0613 e. The summed E-state index contributed by atoms with van der Waals surface area (Å²) in [5.74, 6) is 0. The Kier molecular flexibility index (Phi) is 2.51. The van der Waals surface area contributed by atoms with Crippen molar-refractivity contribution < 1.29 is 0 Å². The number of hydrogen-bond donors (Lipinski definition) is 0. The minimum atomic E-state index is 1.06. The average Bonchev–Trinajstić information content (AvgIpc) is 2.74. The van der Waals surface area contributed by atoms with Crippen molar-refractivity contribution >= 4 is 0 Å². The molecule has 0 unspecified atom stereocenters. The van der Waals surface area contributed by atoms with Crippen LogP contribution in [0.5, 0.6) is 0 Å². The third kappa shape index (κ3) is 1.68. The van der Waals surface area contributed by atoms with Crippen molar-refractivity contribution in [3.05, 3.63) is 58.7 Å². The highest BCUT2D eigenvalue weighted by molar-refractivity contribution is 5.77. The van der Waals surface area contributed by atoms with Crippen LogP contribution < -0.4 is 0 Å². The molecule has 85 valence electrons. The number of aryl methyl sites for hydroxylation is 2. The van der Waals surface area contributed by atoms with Crippen LogP contribution in [0.3, 0.4) is 0 Å². The van der Waals surface area contributed by atoms with Gasteiger partial charge in [-0.3, -0.25) is 0 Å². The summed E-state index contributed by atoms with van der Waals surface area (Å²) in [6.45, 7) is 4.40. The van der Waals surface area contributed by atoms with E-state index in [1.807, 2.05) is 0 Å². The summed E-state index contributed by atoms with van der Waals surface area (Å²) in [5, 5.41) is 0. The summed E-state index contributed by atoms with van der Waals surface area (Å²) in [5.41, 5.74) is 8.42. The van der Waals surface area contributed by atoms with E-state index in [-0.39, 0.29) is 0 Å². The van der Waals surface area contributed by atoms with Crippen molar-refractivity contribution in [2.24, 2.45) is 0 Å². The van der Waals surface area contributed by atoms with E-state index in [1.165, 1.54) is 33.4 Å². The molecule has 0 nitrogen and oxygen atoms in total. The summed E-state index contributed by atoms with van der Waals surface area (Å²) in [6.07, 6.45) is 3.25. The van der Waals surface area contributed by atoms with Crippen molar-refractivity contribution in [2.75, 3.05) is 0 Å². The first-order valence-electron chi connectivity index (χ1n) is 6.48. The van der Waals surface area contributed by atoms with Crippen LogP contribution in [0.2, 0.25) is 0 Å². The van der Waals surface area contributed by atoms with E-state index in [4.69, 9.17) is 0 Å². The zero-order valence-corrected chi connectivity index (χ0v) is 10.5. The Balaban J connectivity index is 2.10. The molecule has 0 N–H and O–H groups in total. The first-order chi connectivity index (χ1) is 8.31. The van der Waals surface area contributed by atoms with E-state index in [2.05, 4.69) is 50.2 Å². The van der Waals surface area contributed by atoms with Gasteiger partial charge in [0.1, 0.15) is 0 Å². The van der Waals surface area contributed by atoms with Crippen LogP contribution in [0, 0.1) is 6.07 Å². The molecule has 0 bridgehead atoms. The summed E-state index contributed by atoms with van der Waals surface area (Å²) in [7, 11) is 0. The molecular weight excluding hydrogens is 204 g/mol. The lowest BCUT2D eigenvalue weighted by Crippen LogP contribution is -1.86. The molecule has 0 aromatic heterocycles. The summed E-state index contributed by atoms with van der Waals surface area (Å²) in [6, 6.07) is 14.9. The monoisotopic (exact) mass is 221 g/mol. The Morgan fingerprint density at radius 3 is 2.59 bits per heavy atom. The molecule has 0 saturated heterocycles. The highest BCUT2D eigenvalue weighted by atomic mass is 14.2. The van der Waals surface area contributed by atoms with Gasteiger partial charge in [0.15, 0.2) is 0 Å².